The van der Waals surface area contributed by atoms with Gasteiger partial charge in [0.2, 0.25) is 5.09 Å². The summed E-state index contributed by atoms with van der Waals surface area (Å²) < 4.78 is 32.3. The van der Waals surface area contributed by atoms with Crippen molar-refractivity contribution in [1.29, 1.82) is 0 Å². The highest BCUT2D eigenvalue weighted by Gasteiger charge is 2.23. The molecule has 2 rings (SSSR count). The highest BCUT2D eigenvalue weighted by atomic mass is 32.2. The predicted octanol–water partition coefficient (Wildman–Crippen LogP) is 0.762. The summed E-state index contributed by atoms with van der Waals surface area (Å²) in [7, 11) is 0.272. The van der Waals surface area contributed by atoms with Crippen LogP contribution >= 0.6 is 0 Å². The van der Waals surface area contributed by atoms with Gasteiger partial charge in [0.1, 0.15) is 5.76 Å². The van der Waals surface area contributed by atoms with Crippen LogP contribution in [-0.2, 0) is 16.6 Å². The first-order valence-corrected chi connectivity index (χ1v) is 8.44. The molecule has 0 aromatic carbocycles. The fourth-order valence-electron chi connectivity index (χ4n) is 2.45. The third-order valence-electron chi connectivity index (χ3n) is 3.68. The molecule has 1 aromatic heterocycles. The van der Waals surface area contributed by atoms with Gasteiger partial charge in [-0.2, -0.15) is 0 Å². The van der Waals surface area contributed by atoms with Crippen molar-refractivity contribution in [2.45, 2.75) is 36.9 Å². The molecule has 114 valence electrons. The minimum absolute atomic E-state index is 0.0128. The quantitative estimate of drug-likeness (QED) is 0.811. The normalized spacial score (nSPS) is 21.2. The molecule has 1 aliphatic heterocycles. The van der Waals surface area contributed by atoms with Gasteiger partial charge in [-0.15, -0.1) is 0 Å². The molecular weight excluding hydrogens is 278 g/mol. The van der Waals surface area contributed by atoms with Gasteiger partial charge < -0.3 is 14.6 Å². The lowest BCUT2D eigenvalue weighted by Crippen LogP contribution is -2.44. The molecular formula is C13H23N3O3S. The summed E-state index contributed by atoms with van der Waals surface area (Å²) in [5, 5.41) is 2.91. The zero-order valence-electron chi connectivity index (χ0n) is 12.1. The van der Waals surface area contributed by atoms with Gasteiger partial charge in [-0.25, -0.2) is 13.1 Å². The molecule has 1 unspecified atom stereocenters. The lowest BCUT2D eigenvalue weighted by molar-refractivity contribution is 0.187. The molecule has 0 saturated carbocycles. The highest BCUT2D eigenvalue weighted by molar-refractivity contribution is 7.89. The topological polar surface area (TPSA) is 74.6 Å². The van der Waals surface area contributed by atoms with Crippen LogP contribution in [0.15, 0.2) is 21.6 Å². The molecule has 0 spiro atoms. The number of piperidine rings is 1. The number of likely N-dealkylation sites (N-methyl/N-ethyl adjacent to an activating group) is 1. The van der Waals surface area contributed by atoms with Crippen molar-refractivity contribution in [3.05, 3.63) is 17.9 Å². The van der Waals surface area contributed by atoms with Crippen molar-refractivity contribution in [2.24, 2.45) is 0 Å². The van der Waals surface area contributed by atoms with Crippen LogP contribution < -0.4 is 10.0 Å². The van der Waals surface area contributed by atoms with E-state index in [1.165, 1.54) is 12.5 Å². The molecule has 1 aliphatic rings. The lowest BCUT2D eigenvalue weighted by Gasteiger charge is -2.32. The van der Waals surface area contributed by atoms with Crippen molar-refractivity contribution in [3.8, 4) is 0 Å². The minimum Gasteiger partial charge on any atom is -0.447 e. The van der Waals surface area contributed by atoms with E-state index in [0.29, 0.717) is 18.8 Å². The fraction of sp³-hybridized carbons (Fsp3) is 0.692. The van der Waals surface area contributed by atoms with E-state index in [4.69, 9.17) is 4.42 Å². The molecule has 0 radical (unpaired) electrons. The number of sulfonamides is 1. The number of hydrogen-bond donors (Lipinski definition) is 2. The molecule has 1 saturated heterocycles. The van der Waals surface area contributed by atoms with E-state index in [1.54, 1.807) is 13.1 Å². The Labute approximate surface area is 120 Å². The summed E-state index contributed by atoms with van der Waals surface area (Å²) in [6.07, 6.45) is 3.37. The van der Waals surface area contributed by atoms with Gasteiger partial charge in [0.15, 0.2) is 0 Å². The van der Waals surface area contributed by atoms with Gasteiger partial charge in [-0.3, -0.25) is 0 Å². The van der Waals surface area contributed by atoms with Gasteiger partial charge in [0.25, 0.3) is 10.0 Å². The van der Waals surface area contributed by atoms with Crippen LogP contribution in [0.25, 0.3) is 0 Å². The third kappa shape index (κ3) is 3.82. The van der Waals surface area contributed by atoms with Crippen molar-refractivity contribution in [2.75, 3.05) is 27.2 Å². The average molecular weight is 301 g/mol. The molecule has 0 aliphatic carbocycles. The van der Waals surface area contributed by atoms with Gasteiger partial charge in [0, 0.05) is 12.6 Å². The van der Waals surface area contributed by atoms with Gasteiger partial charge >= 0.3 is 0 Å². The Morgan fingerprint density at radius 2 is 2.20 bits per heavy atom. The van der Waals surface area contributed by atoms with Crippen molar-refractivity contribution in [3.63, 3.8) is 0 Å². The van der Waals surface area contributed by atoms with Crippen molar-refractivity contribution >= 4 is 10.0 Å². The molecule has 0 bridgehead atoms. The molecule has 20 heavy (non-hydrogen) atoms. The molecule has 1 atom stereocenters. The first-order valence-electron chi connectivity index (χ1n) is 6.96. The average Bonchev–Trinajstić information content (AvgIpc) is 2.88. The summed E-state index contributed by atoms with van der Waals surface area (Å²) >= 11 is 0. The van der Waals surface area contributed by atoms with Crippen LogP contribution in [0.3, 0.4) is 0 Å². The van der Waals surface area contributed by atoms with Crippen LogP contribution in [0.5, 0.6) is 0 Å². The molecule has 7 heteroatoms. The molecule has 2 heterocycles. The summed E-state index contributed by atoms with van der Waals surface area (Å²) in [5.41, 5.74) is 0. The number of rotatable bonds is 6. The summed E-state index contributed by atoms with van der Waals surface area (Å²) in [6.45, 7) is 1.97. The zero-order valence-corrected chi connectivity index (χ0v) is 12.9. The highest BCUT2D eigenvalue weighted by Crippen LogP contribution is 2.16. The van der Waals surface area contributed by atoms with Crippen LogP contribution in [0.4, 0.5) is 0 Å². The van der Waals surface area contributed by atoms with Gasteiger partial charge in [-0.05, 0) is 45.6 Å². The van der Waals surface area contributed by atoms with E-state index < -0.39 is 10.0 Å². The Balaban J connectivity index is 1.95. The Hall–Kier alpha value is -0.890. The second-order valence-electron chi connectivity index (χ2n) is 5.23. The standard InChI is InChI=1S/C13H23N3O3S/c1-14-10-12-6-7-13(19-12)20(17,18)15-9-11-5-3-4-8-16(11)2/h6-7,11,14-15H,3-5,8-10H2,1-2H3. The number of hydrogen-bond acceptors (Lipinski definition) is 5. The van der Waals surface area contributed by atoms with E-state index in [-0.39, 0.29) is 11.1 Å². The smallest absolute Gasteiger partial charge is 0.274 e. The fourth-order valence-corrected chi connectivity index (χ4v) is 3.47. The molecule has 1 aromatic rings. The van der Waals surface area contributed by atoms with E-state index >= 15 is 0 Å². The van der Waals surface area contributed by atoms with E-state index in [2.05, 4.69) is 14.9 Å². The summed E-state index contributed by atoms with van der Waals surface area (Å²) in [6, 6.07) is 3.45. The lowest BCUT2D eigenvalue weighted by atomic mass is 10.0. The zero-order chi connectivity index (χ0) is 14.6. The SMILES string of the molecule is CNCc1ccc(S(=O)(=O)NCC2CCCCN2C)o1. The summed E-state index contributed by atoms with van der Waals surface area (Å²) in [4.78, 5) is 2.21. The van der Waals surface area contributed by atoms with Crippen molar-refractivity contribution < 1.29 is 12.8 Å². The number of furan rings is 1. The second-order valence-corrected chi connectivity index (χ2v) is 6.93. The van der Waals surface area contributed by atoms with Crippen LogP contribution in [0.2, 0.25) is 0 Å². The Kier molecular flexibility index (Phi) is 5.20. The number of nitrogens with zero attached hydrogens (tertiary/aromatic N) is 1. The Morgan fingerprint density at radius 1 is 1.40 bits per heavy atom. The third-order valence-corrected chi connectivity index (χ3v) is 4.98. The minimum atomic E-state index is -3.55. The molecule has 0 amide bonds. The molecule has 2 N–H and O–H groups in total. The van der Waals surface area contributed by atoms with E-state index in [0.717, 1.165) is 19.4 Å². The largest absolute Gasteiger partial charge is 0.447 e. The first kappa shape index (κ1) is 15.5. The van der Waals surface area contributed by atoms with Crippen molar-refractivity contribution in [1.82, 2.24) is 14.9 Å². The van der Waals surface area contributed by atoms with Crippen LogP contribution in [-0.4, -0.2) is 46.5 Å². The van der Waals surface area contributed by atoms with E-state index in [9.17, 15) is 8.42 Å². The van der Waals surface area contributed by atoms with Gasteiger partial charge in [0.05, 0.1) is 6.54 Å². The number of nitrogens with one attached hydrogen (secondary N) is 2. The monoisotopic (exact) mass is 301 g/mol. The van der Waals surface area contributed by atoms with E-state index in [1.807, 2.05) is 7.05 Å². The predicted molar refractivity (Wildman–Crippen MR) is 76.9 cm³/mol. The maximum Gasteiger partial charge on any atom is 0.274 e. The Morgan fingerprint density at radius 3 is 2.90 bits per heavy atom. The number of likely N-dealkylation sites (tertiary alicyclic amines) is 1. The Bertz CT molecular complexity index is 527. The van der Waals surface area contributed by atoms with Gasteiger partial charge in [-0.1, -0.05) is 6.42 Å². The molecule has 1 fully saturated rings. The molecule has 6 nitrogen and oxygen atoms in total. The first-order chi connectivity index (χ1) is 9.53. The second kappa shape index (κ2) is 6.71. The van der Waals surface area contributed by atoms with Crippen LogP contribution in [0.1, 0.15) is 25.0 Å². The maximum absolute atomic E-state index is 12.2. The maximum atomic E-state index is 12.2. The van der Waals surface area contributed by atoms with Crippen LogP contribution in [0, 0.1) is 0 Å². The summed E-state index contributed by atoms with van der Waals surface area (Å²) in [5.74, 6) is 0.614.